The van der Waals surface area contributed by atoms with Crippen LogP contribution in [0, 0.1) is 11.3 Å². The van der Waals surface area contributed by atoms with Crippen molar-refractivity contribution in [1.82, 2.24) is 9.97 Å². The molecule has 0 aliphatic carbocycles. The normalized spacial score (nSPS) is 12.7. The first-order chi connectivity index (χ1) is 12.2. The number of nitrogens with two attached hydrogens (primary N) is 2. The molecule has 1 heterocycles. The molecule has 1 aromatic heterocycles. The third kappa shape index (κ3) is 3.55. The van der Waals surface area contributed by atoms with Gasteiger partial charge >= 0.3 is 18.3 Å². The molecule has 1 aromatic carbocycles. The largest absolute Gasteiger partial charge is 0.458 e. The number of hydrogen-bond donors (Lipinski definition) is 2. The number of nitriles is 1. The van der Waals surface area contributed by atoms with E-state index in [4.69, 9.17) is 16.7 Å². The summed E-state index contributed by atoms with van der Waals surface area (Å²) < 4.78 is 104. The molecule has 13 heteroatoms. The fraction of sp³-hybridized carbons (Fsp3) is 0.214. The summed E-state index contributed by atoms with van der Waals surface area (Å²) in [7, 11) is 0. The summed E-state index contributed by atoms with van der Waals surface area (Å²) >= 11 is 0. The highest BCUT2D eigenvalue weighted by Gasteiger charge is 2.61. The first-order valence-corrected chi connectivity index (χ1v) is 6.70. The summed E-state index contributed by atoms with van der Waals surface area (Å²) in [5.74, 6) is -6.92. The van der Waals surface area contributed by atoms with Crippen LogP contribution >= 0.6 is 0 Å². The van der Waals surface area contributed by atoms with Crippen LogP contribution in [0.25, 0.3) is 11.3 Å². The Bertz CT molecular complexity index is 927. The standard InChI is InChI=1S/C14H7F8N5/c15-12(16,14(20,21)22)8-3-5(1-2-7(8)13(17,18)19)9-6(4-23)10(24)27-11(25)26-9/h1-3H,(H4,24,25,26,27). The van der Waals surface area contributed by atoms with Crippen LogP contribution in [0.5, 0.6) is 0 Å². The number of aromatic nitrogens is 2. The quantitative estimate of drug-likeness (QED) is 0.750. The van der Waals surface area contributed by atoms with Gasteiger partial charge in [0.15, 0.2) is 0 Å². The Kier molecular flexibility index (Phi) is 4.64. The van der Waals surface area contributed by atoms with Crippen LogP contribution in [-0.4, -0.2) is 16.1 Å². The molecular formula is C14H7F8N5. The zero-order valence-corrected chi connectivity index (χ0v) is 12.8. The number of nitrogens with zero attached hydrogens (tertiary/aromatic N) is 3. The molecule has 0 radical (unpaired) electrons. The lowest BCUT2D eigenvalue weighted by atomic mass is 9.95. The molecule has 0 saturated carbocycles. The summed E-state index contributed by atoms with van der Waals surface area (Å²) in [5, 5.41) is 9.03. The Balaban J connectivity index is 2.86. The van der Waals surface area contributed by atoms with E-state index in [-0.39, 0.29) is 12.1 Å². The van der Waals surface area contributed by atoms with Crippen LogP contribution in [0.15, 0.2) is 18.2 Å². The first kappa shape index (κ1) is 20.1. The molecule has 0 saturated heterocycles. The van der Waals surface area contributed by atoms with Crippen LogP contribution in [0.4, 0.5) is 46.9 Å². The smallest absolute Gasteiger partial charge is 0.382 e. The summed E-state index contributed by atoms with van der Waals surface area (Å²) in [4.78, 5) is 6.92. The van der Waals surface area contributed by atoms with Crippen molar-refractivity contribution < 1.29 is 35.1 Å². The van der Waals surface area contributed by atoms with Gasteiger partial charge in [-0.1, -0.05) is 6.07 Å². The summed E-state index contributed by atoms with van der Waals surface area (Å²) in [5.41, 5.74) is 4.36. The molecule has 0 atom stereocenters. The van der Waals surface area contributed by atoms with Crippen molar-refractivity contribution in [3.05, 3.63) is 34.9 Å². The zero-order chi connectivity index (χ0) is 20.8. The van der Waals surface area contributed by atoms with E-state index in [1.54, 1.807) is 0 Å². The lowest BCUT2D eigenvalue weighted by Gasteiger charge is -2.24. The number of halogens is 8. The highest BCUT2D eigenvalue weighted by Crippen LogP contribution is 2.49. The molecule has 0 aliphatic rings. The van der Waals surface area contributed by atoms with Crippen molar-refractivity contribution in [3.63, 3.8) is 0 Å². The maximum Gasteiger partial charge on any atom is 0.458 e. The van der Waals surface area contributed by atoms with Gasteiger partial charge in [-0.2, -0.15) is 45.4 Å². The number of hydrogen-bond acceptors (Lipinski definition) is 5. The molecule has 2 rings (SSSR count). The van der Waals surface area contributed by atoms with Gasteiger partial charge in [0, 0.05) is 11.1 Å². The second-order valence-corrected chi connectivity index (χ2v) is 5.13. The molecule has 5 nitrogen and oxygen atoms in total. The van der Waals surface area contributed by atoms with E-state index in [9.17, 15) is 35.1 Å². The van der Waals surface area contributed by atoms with E-state index in [0.717, 1.165) is 0 Å². The minimum atomic E-state index is -6.30. The number of alkyl halides is 8. The van der Waals surface area contributed by atoms with E-state index in [0.29, 0.717) is 6.07 Å². The van der Waals surface area contributed by atoms with E-state index in [2.05, 4.69) is 9.97 Å². The summed E-state index contributed by atoms with van der Waals surface area (Å²) in [6.45, 7) is 0. The molecular weight excluding hydrogens is 390 g/mol. The Morgan fingerprint density at radius 3 is 1.96 bits per heavy atom. The SMILES string of the molecule is N#Cc1c(N)nc(N)nc1-c1ccc(C(F)(F)F)c(C(F)(F)C(F)(F)F)c1. The molecule has 27 heavy (non-hydrogen) atoms. The second kappa shape index (κ2) is 6.22. The van der Waals surface area contributed by atoms with Gasteiger partial charge in [-0.3, -0.25) is 0 Å². The average molecular weight is 397 g/mol. The van der Waals surface area contributed by atoms with E-state index in [1.165, 1.54) is 6.07 Å². The van der Waals surface area contributed by atoms with Crippen molar-refractivity contribution in [2.24, 2.45) is 0 Å². The first-order valence-electron chi connectivity index (χ1n) is 6.70. The van der Waals surface area contributed by atoms with Crippen LogP contribution in [0.3, 0.4) is 0 Å². The Morgan fingerprint density at radius 1 is 0.889 bits per heavy atom. The minimum Gasteiger partial charge on any atom is -0.382 e. The van der Waals surface area contributed by atoms with Crippen molar-refractivity contribution in [2.45, 2.75) is 18.3 Å². The predicted octanol–water partition coefficient (Wildman–Crippen LogP) is 3.85. The fourth-order valence-electron chi connectivity index (χ4n) is 2.17. The molecule has 0 aliphatic heterocycles. The number of anilines is 2. The van der Waals surface area contributed by atoms with Gasteiger partial charge in [0.25, 0.3) is 0 Å². The predicted molar refractivity (Wildman–Crippen MR) is 76.0 cm³/mol. The Labute approximate surface area is 145 Å². The maximum absolute atomic E-state index is 13.7. The van der Waals surface area contributed by atoms with Gasteiger partial charge in [0.1, 0.15) is 17.5 Å². The minimum absolute atomic E-state index is 0.0277. The summed E-state index contributed by atoms with van der Waals surface area (Å²) in [6.07, 6.45) is -11.8. The van der Waals surface area contributed by atoms with Crippen molar-refractivity contribution >= 4 is 11.8 Å². The lowest BCUT2D eigenvalue weighted by Crippen LogP contribution is -2.35. The van der Waals surface area contributed by atoms with Crippen LogP contribution in [0.2, 0.25) is 0 Å². The second-order valence-electron chi connectivity index (χ2n) is 5.13. The van der Waals surface area contributed by atoms with Crippen LogP contribution in [-0.2, 0) is 12.1 Å². The fourth-order valence-corrected chi connectivity index (χ4v) is 2.17. The van der Waals surface area contributed by atoms with Crippen molar-refractivity contribution in [1.29, 1.82) is 5.26 Å². The van der Waals surface area contributed by atoms with Gasteiger partial charge in [-0.05, 0) is 12.1 Å². The number of nitrogen functional groups attached to an aromatic ring is 2. The zero-order valence-electron chi connectivity index (χ0n) is 12.8. The molecule has 0 spiro atoms. The third-order valence-electron chi connectivity index (χ3n) is 3.36. The van der Waals surface area contributed by atoms with Crippen molar-refractivity contribution in [2.75, 3.05) is 11.5 Å². The van der Waals surface area contributed by atoms with Gasteiger partial charge in [0.2, 0.25) is 5.95 Å². The lowest BCUT2D eigenvalue weighted by molar-refractivity contribution is -0.291. The van der Waals surface area contributed by atoms with Crippen LogP contribution in [0.1, 0.15) is 16.7 Å². The third-order valence-corrected chi connectivity index (χ3v) is 3.36. The van der Waals surface area contributed by atoms with E-state index in [1.807, 2.05) is 0 Å². The van der Waals surface area contributed by atoms with Gasteiger partial charge < -0.3 is 11.5 Å². The highest BCUT2D eigenvalue weighted by atomic mass is 19.4. The number of benzene rings is 1. The Morgan fingerprint density at radius 2 is 1.48 bits per heavy atom. The van der Waals surface area contributed by atoms with Crippen molar-refractivity contribution in [3.8, 4) is 17.3 Å². The maximum atomic E-state index is 13.7. The monoisotopic (exact) mass is 397 g/mol. The topological polar surface area (TPSA) is 102 Å². The van der Waals surface area contributed by atoms with E-state index < -0.39 is 58.0 Å². The molecule has 2 aromatic rings. The van der Waals surface area contributed by atoms with Crippen LogP contribution < -0.4 is 11.5 Å². The molecule has 0 fully saturated rings. The Hall–Kier alpha value is -3.17. The van der Waals surface area contributed by atoms with Gasteiger partial charge in [-0.25, -0.2) is 4.98 Å². The average Bonchev–Trinajstić information content (AvgIpc) is 2.51. The van der Waals surface area contributed by atoms with Gasteiger partial charge in [-0.15, -0.1) is 0 Å². The number of rotatable bonds is 2. The molecule has 0 unspecified atom stereocenters. The summed E-state index contributed by atoms with van der Waals surface area (Å²) in [6, 6.07) is 2.03. The van der Waals surface area contributed by atoms with Gasteiger partial charge in [0.05, 0.1) is 11.3 Å². The molecule has 0 bridgehead atoms. The molecule has 144 valence electrons. The highest BCUT2D eigenvalue weighted by molar-refractivity contribution is 5.74. The van der Waals surface area contributed by atoms with E-state index >= 15 is 0 Å². The molecule has 4 N–H and O–H groups in total. The molecule has 0 amide bonds.